The van der Waals surface area contributed by atoms with E-state index in [9.17, 15) is 14.4 Å². The molecule has 3 aliphatic rings. The van der Waals surface area contributed by atoms with Crippen LogP contribution in [0.5, 0.6) is 0 Å². The molecule has 0 spiro atoms. The predicted octanol–water partition coefficient (Wildman–Crippen LogP) is 2.38. The van der Waals surface area contributed by atoms with E-state index >= 15 is 0 Å². The summed E-state index contributed by atoms with van der Waals surface area (Å²) in [4.78, 5) is 39.7. The van der Waals surface area contributed by atoms with Crippen molar-refractivity contribution < 1.29 is 33.3 Å². The van der Waals surface area contributed by atoms with Gasteiger partial charge in [-0.2, -0.15) is 0 Å². The van der Waals surface area contributed by atoms with E-state index < -0.39 is 48.1 Å². The molecule has 160 valence electrons. The molecule has 0 aliphatic carbocycles. The number of carbonyl (C=O) groups is 3. The Balaban J connectivity index is 1.41. The van der Waals surface area contributed by atoms with Gasteiger partial charge in [0.05, 0.1) is 16.7 Å². The Labute approximate surface area is 178 Å². The fourth-order valence-corrected chi connectivity index (χ4v) is 4.30. The van der Waals surface area contributed by atoms with Crippen LogP contribution in [0.15, 0.2) is 54.6 Å². The zero-order valence-electron chi connectivity index (χ0n) is 17.0. The SMILES string of the molecule is CC1(C)O[C@H]2O[C@@H](COC(=O)c3ccccc3)[C@H](N3C(=O)c4ccccc4C3=O)[C@@H]2O1. The summed E-state index contributed by atoms with van der Waals surface area (Å²) in [6.07, 6.45) is -2.27. The highest BCUT2D eigenvalue weighted by molar-refractivity contribution is 6.21. The lowest BCUT2D eigenvalue weighted by Crippen LogP contribution is -2.52. The first-order valence-corrected chi connectivity index (χ1v) is 10.1. The number of hydrogen-bond donors (Lipinski definition) is 0. The van der Waals surface area contributed by atoms with E-state index in [2.05, 4.69) is 0 Å². The maximum atomic E-state index is 13.1. The van der Waals surface area contributed by atoms with Crippen molar-refractivity contribution in [3.63, 3.8) is 0 Å². The first-order valence-electron chi connectivity index (χ1n) is 10.1. The van der Waals surface area contributed by atoms with E-state index in [4.69, 9.17) is 18.9 Å². The molecule has 4 atom stereocenters. The summed E-state index contributed by atoms with van der Waals surface area (Å²) in [5.74, 6) is -2.31. The van der Waals surface area contributed by atoms with Crippen LogP contribution < -0.4 is 0 Å². The van der Waals surface area contributed by atoms with Crippen molar-refractivity contribution >= 4 is 17.8 Å². The minimum absolute atomic E-state index is 0.161. The van der Waals surface area contributed by atoms with Gasteiger partial charge in [-0.05, 0) is 38.1 Å². The standard InChI is InChI=1S/C23H21NO7/c1-23(2)30-18-17(24-19(25)14-10-6-7-11-15(14)20(24)26)16(29-22(18)31-23)12-28-21(27)13-8-4-3-5-9-13/h3-11,16-18,22H,12H2,1-2H3/t16-,17-,18-,22+/m0/s1. The maximum absolute atomic E-state index is 13.1. The molecule has 2 aromatic carbocycles. The van der Waals surface area contributed by atoms with Crippen LogP contribution in [0, 0.1) is 0 Å². The average molecular weight is 423 g/mol. The molecule has 2 saturated heterocycles. The number of ether oxygens (including phenoxy) is 4. The van der Waals surface area contributed by atoms with Crippen LogP contribution in [0.1, 0.15) is 44.9 Å². The Morgan fingerprint density at radius 1 is 0.968 bits per heavy atom. The van der Waals surface area contributed by atoms with Crippen LogP contribution in [0.2, 0.25) is 0 Å². The molecule has 2 aromatic rings. The second kappa shape index (κ2) is 7.26. The zero-order valence-corrected chi connectivity index (χ0v) is 17.0. The first kappa shape index (κ1) is 19.9. The molecule has 0 aromatic heterocycles. The van der Waals surface area contributed by atoms with Gasteiger partial charge in [-0.3, -0.25) is 14.5 Å². The predicted molar refractivity (Wildman–Crippen MR) is 106 cm³/mol. The molecular formula is C23H21NO7. The smallest absolute Gasteiger partial charge is 0.338 e. The number of benzene rings is 2. The number of carbonyl (C=O) groups excluding carboxylic acids is 3. The van der Waals surface area contributed by atoms with E-state index in [0.717, 1.165) is 4.90 Å². The summed E-state index contributed by atoms with van der Waals surface area (Å²) in [5.41, 5.74) is 1.05. The summed E-state index contributed by atoms with van der Waals surface area (Å²) in [7, 11) is 0. The van der Waals surface area contributed by atoms with Gasteiger partial charge in [-0.25, -0.2) is 4.79 Å². The summed E-state index contributed by atoms with van der Waals surface area (Å²) < 4.78 is 23.2. The molecule has 31 heavy (non-hydrogen) atoms. The van der Waals surface area contributed by atoms with Gasteiger partial charge in [0, 0.05) is 0 Å². The molecule has 0 saturated carbocycles. The lowest BCUT2D eigenvalue weighted by atomic mass is 10.1. The lowest BCUT2D eigenvalue weighted by molar-refractivity contribution is -0.212. The van der Waals surface area contributed by atoms with Crippen molar-refractivity contribution in [1.82, 2.24) is 4.90 Å². The van der Waals surface area contributed by atoms with E-state index in [1.54, 1.807) is 68.4 Å². The van der Waals surface area contributed by atoms with Gasteiger partial charge in [-0.15, -0.1) is 0 Å². The van der Waals surface area contributed by atoms with Crippen LogP contribution >= 0.6 is 0 Å². The number of nitrogens with zero attached hydrogens (tertiary/aromatic N) is 1. The van der Waals surface area contributed by atoms with Crippen LogP contribution in [0.25, 0.3) is 0 Å². The fourth-order valence-electron chi connectivity index (χ4n) is 4.30. The molecule has 0 bridgehead atoms. The normalized spacial score (nSPS) is 28.5. The third-order valence-electron chi connectivity index (χ3n) is 5.63. The van der Waals surface area contributed by atoms with Gasteiger partial charge < -0.3 is 18.9 Å². The number of amides is 2. The molecule has 2 fully saturated rings. The summed E-state index contributed by atoms with van der Waals surface area (Å²) >= 11 is 0. The minimum atomic E-state index is -0.933. The molecule has 3 aliphatic heterocycles. The highest BCUT2D eigenvalue weighted by Gasteiger charge is 2.60. The molecule has 0 radical (unpaired) electrons. The first-order chi connectivity index (χ1) is 14.9. The maximum Gasteiger partial charge on any atom is 0.338 e. The molecule has 0 unspecified atom stereocenters. The second-order valence-electron chi connectivity index (χ2n) is 8.12. The van der Waals surface area contributed by atoms with Gasteiger partial charge >= 0.3 is 5.97 Å². The monoisotopic (exact) mass is 423 g/mol. The zero-order chi connectivity index (χ0) is 21.8. The number of fused-ring (bicyclic) bond motifs is 2. The third kappa shape index (κ3) is 3.33. The van der Waals surface area contributed by atoms with E-state index in [1.807, 2.05) is 0 Å². The van der Waals surface area contributed by atoms with E-state index in [1.165, 1.54) is 0 Å². The minimum Gasteiger partial charge on any atom is -0.459 e. The Kier molecular flexibility index (Phi) is 4.65. The van der Waals surface area contributed by atoms with Crippen LogP contribution in [0.4, 0.5) is 0 Å². The van der Waals surface area contributed by atoms with Crippen molar-refractivity contribution in [2.24, 2.45) is 0 Å². The number of imide groups is 1. The molecule has 2 amide bonds. The number of rotatable bonds is 4. The molecule has 3 heterocycles. The molecular weight excluding hydrogens is 402 g/mol. The highest BCUT2D eigenvalue weighted by Crippen LogP contribution is 2.41. The van der Waals surface area contributed by atoms with Crippen molar-refractivity contribution in [3.8, 4) is 0 Å². The van der Waals surface area contributed by atoms with Gasteiger partial charge in [0.1, 0.15) is 24.9 Å². The van der Waals surface area contributed by atoms with Crippen molar-refractivity contribution in [3.05, 3.63) is 71.3 Å². The Morgan fingerprint density at radius 2 is 1.58 bits per heavy atom. The fraction of sp³-hybridized carbons (Fsp3) is 0.348. The molecule has 8 nitrogen and oxygen atoms in total. The van der Waals surface area contributed by atoms with Gasteiger partial charge in [-0.1, -0.05) is 30.3 Å². The largest absolute Gasteiger partial charge is 0.459 e. The van der Waals surface area contributed by atoms with Crippen LogP contribution in [-0.2, 0) is 18.9 Å². The van der Waals surface area contributed by atoms with E-state index in [-0.39, 0.29) is 6.61 Å². The second-order valence-corrected chi connectivity index (χ2v) is 8.12. The topological polar surface area (TPSA) is 91.4 Å². The Hall–Kier alpha value is -3.07. The van der Waals surface area contributed by atoms with Crippen molar-refractivity contribution in [2.45, 2.75) is 44.2 Å². The highest BCUT2D eigenvalue weighted by atomic mass is 16.8. The quantitative estimate of drug-likeness (QED) is 0.551. The van der Waals surface area contributed by atoms with Crippen molar-refractivity contribution in [1.29, 1.82) is 0 Å². The summed E-state index contributed by atoms with van der Waals surface area (Å²) in [6, 6.07) is 14.4. The van der Waals surface area contributed by atoms with Gasteiger partial charge in [0.2, 0.25) is 0 Å². The lowest BCUT2D eigenvalue weighted by Gasteiger charge is -2.30. The van der Waals surface area contributed by atoms with Gasteiger partial charge in [0.15, 0.2) is 12.1 Å². The average Bonchev–Trinajstić information content (AvgIpc) is 3.32. The Bertz CT molecular complexity index is 1020. The van der Waals surface area contributed by atoms with Crippen LogP contribution in [-0.4, -0.2) is 59.6 Å². The summed E-state index contributed by atoms with van der Waals surface area (Å²) in [5, 5.41) is 0. The van der Waals surface area contributed by atoms with Gasteiger partial charge in [0.25, 0.3) is 11.8 Å². The molecule has 0 N–H and O–H groups in total. The Morgan fingerprint density at radius 3 is 2.23 bits per heavy atom. The molecule has 8 heteroatoms. The molecule has 5 rings (SSSR count). The van der Waals surface area contributed by atoms with Crippen molar-refractivity contribution in [2.75, 3.05) is 6.61 Å². The van der Waals surface area contributed by atoms with Crippen LogP contribution in [0.3, 0.4) is 0 Å². The number of hydrogen-bond acceptors (Lipinski definition) is 7. The third-order valence-corrected chi connectivity index (χ3v) is 5.63. The summed E-state index contributed by atoms with van der Waals surface area (Å²) in [6.45, 7) is 3.31. The van der Waals surface area contributed by atoms with E-state index in [0.29, 0.717) is 16.7 Å². The number of esters is 1.